The van der Waals surface area contributed by atoms with Crippen molar-refractivity contribution in [3.63, 3.8) is 0 Å². The summed E-state index contributed by atoms with van der Waals surface area (Å²) in [5.41, 5.74) is -1.19. The van der Waals surface area contributed by atoms with Crippen LogP contribution in [0.15, 0.2) is 0 Å². The van der Waals surface area contributed by atoms with Gasteiger partial charge in [0.1, 0.15) is 0 Å². The quantitative estimate of drug-likeness (QED) is 0.623. The molecule has 0 spiro atoms. The molecular weight excluding hydrogens is 291 g/mol. The molecule has 0 aromatic rings. The van der Waals surface area contributed by atoms with Gasteiger partial charge in [0.15, 0.2) is 6.73 Å². The van der Waals surface area contributed by atoms with Crippen molar-refractivity contribution in [2.24, 2.45) is 0 Å². The molecule has 1 aliphatic heterocycles. The van der Waals surface area contributed by atoms with Crippen LogP contribution in [-0.2, 0) is 18.1 Å². The lowest BCUT2D eigenvalue weighted by molar-refractivity contribution is -0.926. The molecule has 1 fully saturated rings. The van der Waals surface area contributed by atoms with E-state index in [1.54, 1.807) is 0 Å². The lowest BCUT2D eigenvalue weighted by atomic mass is 10.2. The van der Waals surface area contributed by atoms with Crippen molar-refractivity contribution in [3.05, 3.63) is 0 Å². The third kappa shape index (κ3) is 7.73. The minimum absolute atomic E-state index is 0.325. The molecule has 0 bridgehead atoms. The number of likely N-dealkylation sites (N-methyl/N-ethyl adjacent to an activating group) is 1. The van der Waals surface area contributed by atoms with Crippen LogP contribution in [0.1, 0.15) is 41.5 Å². The number of hydrogen-bond acceptors (Lipinski definition) is 5. The van der Waals surface area contributed by atoms with Crippen LogP contribution in [-0.4, -0.2) is 55.6 Å². The summed E-state index contributed by atoms with van der Waals surface area (Å²) in [6, 6.07) is 0. The van der Waals surface area contributed by atoms with Crippen molar-refractivity contribution in [2.45, 2.75) is 52.7 Å². The minimum Gasteiger partial charge on any atom is -0.306 e. The zero-order chi connectivity index (χ0) is 16.4. The first-order chi connectivity index (χ1) is 9.33. The number of rotatable bonds is 5. The average molecular weight is 323 g/mol. The lowest BCUT2D eigenvalue weighted by Crippen LogP contribution is -2.56. The fourth-order valence-corrected chi connectivity index (χ4v) is 3.92. The summed E-state index contributed by atoms with van der Waals surface area (Å²) >= 11 is 0. The molecule has 0 saturated carbocycles. The van der Waals surface area contributed by atoms with Gasteiger partial charge in [-0.25, -0.2) is 9.09 Å². The number of piperazine rings is 1. The SMILES string of the molecule is CC(C)(C)OP(=O)(OC[N+]1(C)CCNCC1)OC(C)(C)C. The highest BCUT2D eigenvalue weighted by Gasteiger charge is 2.39. The van der Waals surface area contributed by atoms with Gasteiger partial charge in [-0.05, 0) is 41.5 Å². The first kappa shape index (κ1) is 19.1. The molecule has 6 nitrogen and oxygen atoms in total. The Balaban J connectivity index is 2.75. The number of hydrogen-bond donors (Lipinski definition) is 1. The van der Waals surface area contributed by atoms with Crippen LogP contribution in [0.3, 0.4) is 0 Å². The Hall–Kier alpha value is 0.0300. The maximum atomic E-state index is 12.9. The zero-order valence-corrected chi connectivity index (χ0v) is 15.5. The van der Waals surface area contributed by atoms with E-state index < -0.39 is 19.0 Å². The monoisotopic (exact) mass is 323 g/mol. The van der Waals surface area contributed by atoms with E-state index in [4.69, 9.17) is 13.6 Å². The highest BCUT2D eigenvalue weighted by molar-refractivity contribution is 7.48. The van der Waals surface area contributed by atoms with Crippen LogP contribution in [0.4, 0.5) is 0 Å². The van der Waals surface area contributed by atoms with E-state index in [9.17, 15) is 4.57 Å². The second kappa shape index (κ2) is 6.65. The van der Waals surface area contributed by atoms with E-state index in [0.717, 1.165) is 26.2 Å². The normalized spacial score (nSPS) is 20.5. The first-order valence-corrected chi connectivity index (χ1v) is 8.99. The highest BCUT2D eigenvalue weighted by Crippen LogP contribution is 2.55. The summed E-state index contributed by atoms with van der Waals surface area (Å²) in [5, 5.41) is 3.31. The topological polar surface area (TPSA) is 56.8 Å². The van der Waals surface area contributed by atoms with Crippen LogP contribution in [0.5, 0.6) is 0 Å². The van der Waals surface area contributed by atoms with Gasteiger partial charge in [0.25, 0.3) is 0 Å². The summed E-state index contributed by atoms with van der Waals surface area (Å²) in [5.74, 6) is 0. The van der Waals surface area contributed by atoms with Gasteiger partial charge in [-0.3, -0.25) is 9.05 Å². The number of phosphoric ester groups is 1. The molecule has 0 aromatic carbocycles. The molecule has 0 aromatic heterocycles. The van der Waals surface area contributed by atoms with Crippen molar-refractivity contribution in [3.8, 4) is 0 Å². The molecule has 126 valence electrons. The lowest BCUT2D eigenvalue weighted by Gasteiger charge is -2.39. The Kier molecular flexibility index (Phi) is 6.04. The van der Waals surface area contributed by atoms with Gasteiger partial charge in [-0.2, -0.15) is 0 Å². The van der Waals surface area contributed by atoms with Crippen molar-refractivity contribution in [1.29, 1.82) is 0 Å². The van der Waals surface area contributed by atoms with E-state index in [0.29, 0.717) is 11.2 Å². The van der Waals surface area contributed by atoms with Crippen molar-refractivity contribution in [2.75, 3.05) is 40.0 Å². The molecule has 0 radical (unpaired) electrons. The van der Waals surface area contributed by atoms with E-state index in [1.807, 2.05) is 41.5 Å². The fourth-order valence-electron chi connectivity index (χ4n) is 2.02. The zero-order valence-electron chi connectivity index (χ0n) is 14.6. The molecule has 21 heavy (non-hydrogen) atoms. The molecule has 1 saturated heterocycles. The van der Waals surface area contributed by atoms with E-state index in [-0.39, 0.29) is 0 Å². The largest absolute Gasteiger partial charge is 0.480 e. The third-order valence-corrected chi connectivity index (χ3v) is 4.93. The van der Waals surface area contributed by atoms with Crippen LogP contribution >= 0.6 is 7.82 Å². The van der Waals surface area contributed by atoms with Gasteiger partial charge in [0.2, 0.25) is 0 Å². The first-order valence-electron chi connectivity index (χ1n) is 7.53. The van der Waals surface area contributed by atoms with E-state index >= 15 is 0 Å². The summed E-state index contributed by atoms with van der Waals surface area (Å²) in [7, 11) is -1.51. The Bertz CT molecular complexity index is 361. The Morgan fingerprint density at radius 1 is 1.00 bits per heavy atom. The molecular formula is C14H32N2O4P+. The van der Waals surface area contributed by atoms with Gasteiger partial charge in [-0.1, -0.05) is 0 Å². The minimum atomic E-state index is -3.61. The summed E-state index contributed by atoms with van der Waals surface area (Å²) in [4.78, 5) is 0. The summed E-state index contributed by atoms with van der Waals surface area (Å²) in [6.45, 7) is 15.1. The third-order valence-electron chi connectivity index (χ3n) is 2.96. The van der Waals surface area contributed by atoms with Gasteiger partial charge < -0.3 is 9.80 Å². The van der Waals surface area contributed by atoms with Crippen molar-refractivity contribution >= 4 is 7.82 Å². The predicted octanol–water partition coefficient (Wildman–Crippen LogP) is 2.75. The van der Waals surface area contributed by atoms with Crippen molar-refractivity contribution < 1.29 is 22.6 Å². The molecule has 1 heterocycles. The molecule has 0 unspecified atom stereocenters. The standard InChI is InChI=1S/C14H32N2O4P/c1-13(2,3)19-21(17,20-14(4,5)6)18-12-16(7)10-8-15-9-11-16/h15H,8-12H2,1-7H3/q+1. The van der Waals surface area contributed by atoms with Crippen LogP contribution in [0, 0.1) is 0 Å². The number of quaternary nitrogens is 1. The van der Waals surface area contributed by atoms with Crippen LogP contribution in [0.2, 0.25) is 0 Å². The van der Waals surface area contributed by atoms with Gasteiger partial charge in [0, 0.05) is 13.1 Å². The fraction of sp³-hybridized carbons (Fsp3) is 1.00. The molecule has 0 amide bonds. The maximum Gasteiger partial charge on any atom is 0.480 e. The molecule has 0 atom stereocenters. The second-order valence-electron chi connectivity index (χ2n) is 7.93. The smallest absolute Gasteiger partial charge is 0.306 e. The summed E-state index contributed by atoms with van der Waals surface area (Å²) < 4.78 is 30.6. The average Bonchev–Trinajstić information content (AvgIpc) is 2.22. The van der Waals surface area contributed by atoms with Gasteiger partial charge in [0.05, 0.1) is 31.3 Å². The number of phosphoric acid groups is 1. The maximum absolute atomic E-state index is 12.9. The highest BCUT2D eigenvalue weighted by atomic mass is 31.2. The predicted molar refractivity (Wildman–Crippen MR) is 84.0 cm³/mol. The molecule has 7 heteroatoms. The molecule has 1 rings (SSSR count). The van der Waals surface area contributed by atoms with Crippen LogP contribution < -0.4 is 5.32 Å². The van der Waals surface area contributed by atoms with Gasteiger partial charge in [-0.15, -0.1) is 0 Å². The molecule has 0 aliphatic carbocycles. The molecule has 1 aliphatic rings. The van der Waals surface area contributed by atoms with Crippen molar-refractivity contribution in [1.82, 2.24) is 5.32 Å². The number of nitrogens with one attached hydrogen (secondary N) is 1. The Labute approximate surface area is 129 Å². The molecule has 1 N–H and O–H groups in total. The number of nitrogens with zero attached hydrogens (tertiary/aromatic N) is 1. The van der Waals surface area contributed by atoms with E-state index in [1.165, 1.54) is 0 Å². The van der Waals surface area contributed by atoms with Crippen LogP contribution in [0.25, 0.3) is 0 Å². The second-order valence-corrected chi connectivity index (χ2v) is 9.45. The van der Waals surface area contributed by atoms with Gasteiger partial charge >= 0.3 is 7.82 Å². The Morgan fingerprint density at radius 3 is 1.81 bits per heavy atom. The Morgan fingerprint density at radius 2 is 1.43 bits per heavy atom. The summed E-state index contributed by atoms with van der Waals surface area (Å²) in [6.07, 6.45) is 0. The van der Waals surface area contributed by atoms with E-state index in [2.05, 4.69) is 12.4 Å².